The number of benzene rings is 2. The Kier molecular flexibility index (Phi) is 8.74. The molecular weight excluding hydrogens is 308 g/mol. The summed E-state index contributed by atoms with van der Waals surface area (Å²) in [4.78, 5) is 0. The molecule has 0 aromatic heterocycles. The van der Waals surface area contributed by atoms with Crippen molar-refractivity contribution >= 4 is 11.4 Å². The van der Waals surface area contributed by atoms with E-state index in [1.165, 1.54) is 31.2 Å². The molecule has 2 rings (SSSR count). The maximum atomic E-state index is 5.65. The number of hydrogen-bond acceptors (Lipinski definition) is 3. The number of nitrogens with zero attached hydrogens (tertiary/aromatic N) is 2. The van der Waals surface area contributed by atoms with E-state index in [-0.39, 0.29) is 0 Å². The van der Waals surface area contributed by atoms with Gasteiger partial charge < -0.3 is 4.74 Å². The Labute approximate surface area is 152 Å². The molecule has 0 aliphatic carbocycles. The maximum Gasteiger partial charge on any atom is 0.119 e. The van der Waals surface area contributed by atoms with Gasteiger partial charge in [-0.2, -0.15) is 10.2 Å². The minimum Gasteiger partial charge on any atom is -0.494 e. The molecule has 2 aromatic carbocycles. The highest BCUT2D eigenvalue weighted by Gasteiger charge is 1.97. The summed E-state index contributed by atoms with van der Waals surface area (Å²) in [5.74, 6) is 0.889. The normalized spacial score (nSPS) is 11.1. The molecule has 0 aliphatic rings. The first-order valence-corrected chi connectivity index (χ1v) is 9.55. The molecule has 2 aromatic rings. The third kappa shape index (κ3) is 7.51. The molecule has 0 radical (unpaired) electrons. The summed E-state index contributed by atoms with van der Waals surface area (Å²) in [5, 5.41) is 8.62. The largest absolute Gasteiger partial charge is 0.494 e. The molecule has 0 saturated carbocycles. The summed E-state index contributed by atoms with van der Waals surface area (Å²) in [6.45, 7) is 5.17. The lowest BCUT2D eigenvalue weighted by Gasteiger charge is -2.04. The minimum atomic E-state index is 0.766. The van der Waals surface area contributed by atoms with E-state index in [1.54, 1.807) is 0 Å². The summed E-state index contributed by atoms with van der Waals surface area (Å²) >= 11 is 0. The fourth-order valence-corrected chi connectivity index (χ4v) is 2.54. The molecular formula is C22H30N2O. The predicted molar refractivity (Wildman–Crippen MR) is 105 cm³/mol. The van der Waals surface area contributed by atoms with Crippen molar-refractivity contribution in [2.45, 2.75) is 58.8 Å². The van der Waals surface area contributed by atoms with Crippen molar-refractivity contribution in [1.29, 1.82) is 0 Å². The standard InChI is InChI=1S/C22H30N2O/c1-3-5-7-8-9-19-10-12-20(13-11-19)23-24-21-14-16-22(17-15-21)25-18-6-4-2/h10-17H,3-9,18H2,1-2H3/b24-23+. The smallest absolute Gasteiger partial charge is 0.119 e. The quantitative estimate of drug-likeness (QED) is 0.310. The molecule has 3 nitrogen and oxygen atoms in total. The van der Waals surface area contributed by atoms with Crippen molar-refractivity contribution in [3.8, 4) is 5.75 Å². The van der Waals surface area contributed by atoms with E-state index in [9.17, 15) is 0 Å². The van der Waals surface area contributed by atoms with Crippen molar-refractivity contribution in [1.82, 2.24) is 0 Å². The second-order valence-corrected chi connectivity index (χ2v) is 6.37. The SMILES string of the molecule is CCCCCCc1ccc(/N=N/c2ccc(OCCCC)cc2)cc1. The molecule has 3 heteroatoms. The Morgan fingerprint density at radius 2 is 1.28 bits per heavy atom. The van der Waals surface area contributed by atoms with Gasteiger partial charge in [-0.1, -0.05) is 51.7 Å². The molecule has 0 spiro atoms. The Morgan fingerprint density at radius 1 is 0.680 bits per heavy atom. The summed E-state index contributed by atoms with van der Waals surface area (Å²) in [7, 11) is 0. The Balaban J connectivity index is 1.82. The topological polar surface area (TPSA) is 34.0 Å². The highest BCUT2D eigenvalue weighted by molar-refractivity contribution is 5.43. The summed E-state index contributed by atoms with van der Waals surface area (Å²) in [5.41, 5.74) is 3.11. The van der Waals surface area contributed by atoms with Crippen molar-refractivity contribution in [2.24, 2.45) is 10.2 Å². The fourth-order valence-electron chi connectivity index (χ4n) is 2.54. The van der Waals surface area contributed by atoms with Crippen LogP contribution in [-0.2, 0) is 6.42 Å². The molecule has 0 amide bonds. The van der Waals surface area contributed by atoms with Crippen LogP contribution in [0.1, 0.15) is 57.9 Å². The van der Waals surface area contributed by atoms with Crippen LogP contribution in [-0.4, -0.2) is 6.61 Å². The lowest BCUT2D eigenvalue weighted by Crippen LogP contribution is -1.95. The molecule has 0 unspecified atom stereocenters. The van der Waals surface area contributed by atoms with Gasteiger partial charge in [0.1, 0.15) is 5.75 Å². The van der Waals surface area contributed by atoms with Gasteiger partial charge in [0.05, 0.1) is 18.0 Å². The second-order valence-electron chi connectivity index (χ2n) is 6.37. The van der Waals surface area contributed by atoms with Crippen LogP contribution in [0.5, 0.6) is 5.75 Å². The average molecular weight is 338 g/mol. The zero-order valence-corrected chi connectivity index (χ0v) is 15.6. The zero-order chi connectivity index (χ0) is 17.7. The first-order valence-electron chi connectivity index (χ1n) is 9.55. The number of rotatable bonds is 11. The van der Waals surface area contributed by atoms with Crippen LogP contribution in [0.15, 0.2) is 58.8 Å². The molecule has 134 valence electrons. The Bertz CT molecular complexity index is 617. The van der Waals surface area contributed by atoms with Crippen LogP contribution in [0.2, 0.25) is 0 Å². The van der Waals surface area contributed by atoms with Crippen molar-refractivity contribution < 1.29 is 4.74 Å². The van der Waals surface area contributed by atoms with Crippen LogP contribution in [0, 0.1) is 0 Å². The second kappa shape index (κ2) is 11.4. The van der Waals surface area contributed by atoms with Gasteiger partial charge in [0, 0.05) is 0 Å². The van der Waals surface area contributed by atoms with Gasteiger partial charge in [0.2, 0.25) is 0 Å². The van der Waals surface area contributed by atoms with Crippen molar-refractivity contribution in [3.63, 3.8) is 0 Å². The van der Waals surface area contributed by atoms with Gasteiger partial charge >= 0.3 is 0 Å². The predicted octanol–water partition coefficient (Wildman–Crippen LogP) is 7.40. The molecule has 0 atom stereocenters. The number of azo groups is 1. The van der Waals surface area contributed by atoms with Gasteiger partial charge in [-0.15, -0.1) is 0 Å². The Morgan fingerprint density at radius 3 is 1.88 bits per heavy atom. The molecule has 25 heavy (non-hydrogen) atoms. The zero-order valence-electron chi connectivity index (χ0n) is 15.6. The molecule has 0 fully saturated rings. The molecule has 0 heterocycles. The van der Waals surface area contributed by atoms with Gasteiger partial charge in [-0.05, 0) is 61.2 Å². The summed E-state index contributed by atoms with van der Waals surface area (Å²) in [6.07, 6.45) is 8.56. The van der Waals surface area contributed by atoms with Crippen molar-refractivity contribution in [3.05, 3.63) is 54.1 Å². The number of aryl methyl sites for hydroxylation is 1. The van der Waals surface area contributed by atoms with Crippen LogP contribution >= 0.6 is 0 Å². The van der Waals surface area contributed by atoms with Crippen LogP contribution in [0.4, 0.5) is 11.4 Å². The van der Waals surface area contributed by atoms with E-state index in [2.05, 4.69) is 36.2 Å². The fraction of sp³-hybridized carbons (Fsp3) is 0.455. The molecule has 0 saturated heterocycles. The Hall–Kier alpha value is -2.16. The molecule has 0 aliphatic heterocycles. The first kappa shape index (κ1) is 19.2. The van der Waals surface area contributed by atoms with Crippen molar-refractivity contribution in [2.75, 3.05) is 6.61 Å². The van der Waals surface area contributed by atoms with Crippen LogP contribution in [0.25, 0.3) is 0 Å². The van der Waals surface area contributed by atoms with Crippen LogP contribution < -0.4 is 4.74 Å². The van der Waals surface area contributed by atoms with E-state index in [1.807, 2.05) is 36.4 Å². The summed E-state index contributed by atoms with van der Waals surface area (Å²) < 4.78 is 5.65. The highest BCUT2D eigenvalue weighted by Crippen LogP contribution is 2.22. The molecule has 0 N–H and O–H groups in total. The van der Waals surface area contributed by atoms with E-state index >= 15 is 0 Å². The van der Waals surface area contributed by atoms with Crippen LogP contribution in [0.3, 0.4) is 0 Å². The molecule has 0 bridgehead atoms. The third-order valence-corrected chi connectivity index (χ3v) is 4.14. The summed E-state index contributed by atoms with van der Waals surface area (Å²) in [6, 6.07) is 16.2. The van der Waals surface area contributed by atoms with Gasteiger partial charge in [-0.3, -0.25) is 0 Å². The minimum absolute atomic E-state index is 0.766. The highest BCUT2D eigenvalue weighted by atomic mass is 16.5. The van der Waals surface area contributed by atoms with Gasteiger partial charge in [-0.25, -0.2) is 0 Å². The van der Waals surface area contributed by atoms with E-state index in [0.717, 1.165) is 43.0 Å². The third-order valence-electron chi connectivity index (χ3n) is 4.14. The van der Waals surface area contributed by atoms with Gasteiger partial charge in [0.25, 0.3) is 0 Å². The monoisotopic (exact) mass is 338 g/mol. The maximum absolute atomic E-state index is 5.65. The first-order chi connectivity index (χ1) is 12.3. The number of unbranched alkanes of at least 4 members (excludes halogenated alkanes) is 4. The number of hydrogen-bond donors (Lipinski definition) is 0. The lowest BCUT2D eigenvalue weighted by atomic mass is 10.1. The number of ether oxygens (including phenoxy) is 1. The average Bonchev–Trinajstić information content (AvgIpc) is 2.66. The lowest BCUT2D eigenvalue weighted by molar-refractivity contribution is 0.309. The van der Waals surface area contributed by atoms with E-state index < -0.39 is 0 Å². The van der Waals surface area contributed by atoms with Gasteiger partial charge in [0.15, 0.2) is 0 Å². The van der Waals surface area contributed by atoms with E-state index in [4.69, 9.17) is 4.74 Å². The van der Waals surface area contributed by atoms with E-state index in [0.29, 0.717) is 0 Å².